The first-order chi connectivity index (χ1) is 18.5. The van der Waals surface area contributed by atoms with Crippen molar-refractivity contribution in [2.75, 3.05) is 49.1 Å². The first kappa shape index (κ1) is 28.9. The second-order valence-electron chi connectivity index (χ2n) is 11.5. The van der Waals surface area contributed by atoms with E-state index >= 15 is 0 Å². The second kappa shape index (κ2) is 14.9. The van der Waals surface area contributed by atoms with Crippen LogP contribution >= 0.6 is 11.8 Å². The molecule has 2 aliphatic rings. The van der Waals surface area contributed by atoms with Crippen LogP contribution in [0, 0.1) is 5.92 Å². The lowest BCUT2D eigenvalue weighted by molar-refractivity contribution is 0.0540. The van der Waals surface area contributed by atoms with E-state index in [0.717, 1.165) is 57.9 Å². The van der Waals surface area contributed by atoms with Crippen LogP contribution in [0.2, 0.25) is 0 Å². The average molecular weight is 537 g/mol. The van der Waals surface area contributed by atoms with Crippen molar-refractivity contribution in [3.05, 3.63) is 59.4 Å². The number of aromatic nitrogens is 1. The summed E-state index contributed by atoms with van der Waals surface area (Å²) in [5.74, 6) is 3.20. The number of carbonyl (C=O) groups excluding carboxylic acids is 1. The summed E-state index contributed by atoms with van der Waals surface area (Å²) < 4.78 is 0. The maximum atomic E-state index is 13.9. The van der Waals surface area contributed by atoms with Crippen LogP contribution in [-0.4, -0.2) is 71.0 Å². The van der Waals surface area contributed by atoms with E-state index < -0.39 is 0 Å². The van der Waals surface area contributed by atoms with Gasteiger partial charge in [0.05, 0.1) is 0 Å². The second-order valence-corrected chi connectivity index (χ2v) is 12.7. The van der Waals surface area contributed by atoms with Gasteiger partial charge in [0.15, 0.2) is 0 Å². The number of carbonyl (C=O) groups is 1. The topological polar surface area (TPSA) is 39.7 Å². The summed E-state index contributed by atoms with van der Waals surface area (Å²) in [7, 11) is 0. The standard InChI is InChI=1S/C32H48N4OS/c1-4-5-6-7-27-10-13-31(33-24-27)32(37)36(30-15-18-34(19-16-30)17-14-26(2)3)25-28-8-11-29(12-9-28)35-20-22-38-23-21-35/h8-13,24,26,30H,4-7,14-23,25H2,1-3H3. The number of hydrogen-bond donors (Lipinski definition) is 0. The van der Waals surface area contributed by atoms with E-state index in [4.69, 9.17) is 0 Å². The SMILES string of the molecule is CCCCCc1ccc(C(=O)N(Cc2ccc(N3CCSCC3)cc2)C2CCN(CCC(C)C)CC2)nc1. The van der Waals surface area contributed by atoms with Crippen molar-refractivity contribution in [2.45, 2.75) is 78.3 Å². The van der Waals surface area contributed by atoms with Crippen molar-refractivity contribution in [1.29, 1.82) is 0 Å². The highest BCUT2D eigenvalue weighted by Crippen LogP contribution is 2.24. The van der Waals surface area contributed by atoms with Gasteiger partial charge >= 0.3 is 0 Å². The summed E-state index contributed by atoms with van der Waals surface area (Å²) in [4.78, 5) is 25.7. The summed E-state index contributed by atoms with van der Waals surface area (Å²) in [5.41, 5.74) is 4.30. The zero-order valence-electron chi connectivity index (χ0n) is 23.9. The van der Waals surface area contributed by atoms with Crippen molar-refractivity contribution in [1.82, 2.24) is 14.8 Å². The normalized spacial score (nSPS) is 17.2. The van der Waals surface area contributed by atoms with Gasteiger partial charge in [-0.25, -0.2) is 0 Å². The van der Waals surface area contributed by atoms with Crippen LogP contribution in [0.5, 0.6) is 0 Å². The molecule has 0 saturated carbocycles. The Morgan fingerprint density at radius 3 is 2.34 bits per heavy atom. The molecule has 2 saturated heterocycles. The average Bonchev–Trinajstić information content (AvgIpc) is 2.96. The number of anilines is 1. The minimum absolute atomic E-state index is 0.0721. The third-order valence-electron chi connectivity index (χ3n) is 8.06. The first-order valence-corrected chi connectivity index (χ1v) is 16.1. The molecule has 3 heterocycles. The van der Waals surface area contributed by atoms with Gasteiger partial charge in [-0.3, -0.25) is 9.78 Å². The zero-order chi connectivity index (χ0) is 26.7. The Balaban J connectivity index is 1.45. The molecule has 0 N–H and O–H groups in total. The van der Waals surface area contributed by atoms with Crippen molar-refractivity contribution < 1.29 is 4.79 Å². The Labute approximate surface area is 235 Å². The first-order valence-electron chi connectivity index (χ1n) is 14.9. The fraction of sp³-hybridized carbons (Fsp3) is 0.625. The van der Waals surface area contributed by atoms with E-state index in [1.54, 1.807) is 0 Å². The molecule has 0 aliphatic carbocycles. The molecular formula is C32H48N4OS. The van der Waals surface area contributed by atoms with Crippen LogP contribution in [0.3, 0.4) is 0 Å². The summed E-state index contributed by atoms with van der Waals surface area (Å²) in [6, 6.07) is 13.2. The van der Waals surface area contributed by atoms with E-state index in [-0.39, 0.29) is 11.9 Å². The Kier molecular flexibility index (Phi) is 11.4. The molecular weight excluding hydrogens is 488 g/mol. The molecule has 0 unspecified atom stereocenters. The fourth-order valence-corrected chi connectivity index (χ4v) is 6.42. The molecule has 208 valence electrons. The Hall–Kier alpha value is -2.05. The number of benzene rings is 1. The molecule has 0 bridgehead atoms. The van der Waals surface area contributed by atoms with E-state index in [1.165, 1.54) is 54.0 Å². The van der Waals surface area contributed by atoms with Crippen molar-refractivity contribution >= 4 is 23.4 Å². The number of thioether (sulfide) groups is 1. The number of pyridine rings is 1. The Morgan fingerprint density at radius 2 is 1.71 bits per heavy atom. The van der Waals surface area contributed by atoms with Crippen LogP contribution in [0.25, 0.3) is 0 Å². The van der Waals surface area contributed by atoms with Gasteiger partial charge in [-0.15, -0.1) is 0 Å². The minimum Gasteiger partial charge on any atom is -0.370 e. The van der Waals surface area contributed by atoms with Crippen LogP contribution in [0.1, 0.15) is 80.9 Å². The van der Waals surface area contributed by atoms with E-state index in [0.29, 0.717) is 12.2 Å². The highest BCUT2D eigenvalue weighted by Gasteiger charge is 2.29. The molecule has 2 aliphatic heterocycles. The molecule has 1 aromatic heterocycles. The maximum Gasteiger partial charge on any atom is 0.272 e. The molecule has 1 aromatic carbocycles. The predicted octanol–water partition coefficient (Wildman–Crippen LogP) is 6.52. The van der Waals surface area contributed by atoms with Gasteiger partial charge in [0.25, 0.3) is 5.91 Å². The van der Waals surface area contributed by atoms with Crippen LogP contribution in [0.15, 0.2) is 42.6 Å². The van der Waals surface area contributed by atoms with Gasteiger partial charge in [0, 0.05) is 62.2 Å². The molecule has 0 radical (unpaired) electrons. The summed E-state index contributed by atoms with van der Waals surface area (Å²) in [6.07, 6.45) is 9.89. The quantitative estimate of drug-likeness (QED) is 0.289. The van der Waals surface area contributed by atoms with Gasteiger partial charge < -0.3 is 14.7 Å². The number of amides is 1. The lowest BCUT2D eigenvalue weighted by atomic mass is 10.00. The largest absolute Gasteiger partial charge is 0.370 e. The van der Waals surface area contributed by atoms with Crippen molar-refractivity contribution in [2.24, 2.45) is 5.92 Å². The summed E-state index contributed by atoms with van der Waals surface area (Å²) in [5, 5.41) is 0. The lowest BCUT2D eigenvalue weighted by Crippen LogP contribution is -2.47. The molecule has 0 atom stereocenters. The maximum absolute atomic E-state index is 13.9. The van der Waals surface area contributed by atoms with Crippen molar-refractivity contribution in [3.63, 3.8) is 0 Å². The number of rotatable bonds is 12. The van der Waals surface area contributed by atoms with Gasteiger partial charge in [0.1, 0.15) is 5.69 Å². The zero-order valence-corrected chi connectivity index (χ0v) is 24.7. The van der Waals surface area contributed by atoms with Crippen LogP contribution in [-0.2, 0) is 13.0 Å². The van der Waals surface area contributed by atoms with E-state index in [2.05, 4.69) is 70.8 Å². The van der Waals surface area contributed by atoms with Crippen LogP contribution < -0.4 is 4.90 Å². The van der Waals surface area contributed by atoms with Gasteiger partial charge in [-0.2, -0.15) is 11.8 Å². The Morgan fingerprint density at radius 1 is 1.00 bits per heavy atom. The van der Waals surface area contributed by atoms with Gasteiger partial charge in [0.2, 0.25) is 0 Å². The highest BCUT2D eigenvalue weighted by molar-refractivity contribution is 7.99. The van der Waals surface area contributed by atoms with Gasteiger partial charge in [-0.05, 0) is 73.9 Å². The summed E-state index contributed by atoms with van der Waals surface area (Å²) >= 11 is 2.04. The monoisotopic (exact) mass is 536 g/mol. The third kappa shape index (κ3) is 8.47. The molecule has 1 amide bonds. The molecule has 38 heavy (non-hydrogen) atoms. The fourth-order valence-electron chi connectivity index (χ4n) is 5.52. The number of hydrogen-bond acceptors (Lipinski definition) is 5. The Bertz CT molecular complexity index is 964. The number of likely N-dealkylation sites (tertiary alicyclic amines) is 1. The molecule has 2 aromatic rings. The third-order valence-corrected chi connectivity index (χ3v) is 9.00. The van der Waals surface area contributed by atoms with Crippen LogP contribution in [0.4, 0.5) is 5.69 Å². The number of piperidine rings is 1. The molecule has 2 fully saturated rings. The summed E-state index contributed by atoms with van der Waals surface area (Å²) in [6.45, 7) is 13.0. The smallest absolute Gasteiger partial charge is 0.272 e. The number of unbranched alkanes of at least 4 members (excludes halogenated alkanes) is 2. The minimum atomic E-state index is 0.0721. The van der Waals surface area contributed by atoms with E-state index in [1.807, 2.05) is 24.0 Å². The highest BCUT2D eigenvalue weighted by atomic mass is 32.2. The number of aryl methyl sites for hydroxylation is 1. The molecule has 5 nitrogen and oxygen atoms in total. The lowest BCUT2D eigenvalue weighted by Gasteiger charge is -2.39. The molecule has 4 rings (SSSR count). The molecule has 6 heteroatoms. The predicted molar refractivity (Wildman–Crippen MR) is 162 cm³/mol. The van der Waals surface area contributed by atoms with Gasteiger partial charge in [-0.1, -0.05) is 51.8 Å². The number of nitrogens with zero attached hydrogens (tertiary/aromatic N) is 4. The molecule has 0 spiro atoms. The van der Waals surface area contributed by atoms with E-state index in [9.17, 15) is 4.79 Å². The van der Waals surface area contributed by atoms with Crippen molar-refractivity contribution in [3.8, 4) is 0 Å².